The first-order valence-electron chi connectivity index (χ1n) is 10.8. The lowest BCUT2D eigenvalue weighted by atomic mass is 9.98. The van der Waals surface area contributed by atoms with Crippen LogP contribution in [-0.2, 0) is 0 Å². The standard InChI is InChI=1S/C27H19N5O3/c1-17-22(8-5-9-23(17)27(33)34)18-15-29-26-24(14-28)25(31-32(26)16-18)30-19-10-12-21(13-11-19)35-20-6-3-2-4-7-20/h2-13,15-16H,1H3,(H,30,31)(H,33,34). The lowest BCUT2D eigenvalue weighted by molar-refractivity contribution is 0.0696. The van der Waals surface area contributed by atoms with Crippen LogP contribution in [0.15, 0.2) is 85.2 Å². The quantitative estimate of drug-likeness (QED) is 0.328. The lowest BCUT2D eigenvalue weighted by Crippen LogP contribution is -2.01. The predicted molar refractivity (Wildman–Crippen MR) is 131 cm³/mol. The van der Waals surface area contributed by atoms with Crippen LogP contribution >= 0.6 is 0 Å². The Bertz CT molecular complexity index is 1590. The molecule has 0 atom stereocenters. The molecule has 8 heteroatoms. The molecule has 2 heterocycles. The molecule has 0 saturated carbocycles. The first-order valence-corrected chi connectivity index (χ1v) is 10.8. The fraction of sp³-hybridized carbons (Fsp3) is 0.0370. The number of carbonyl (C=O) groups is 1. The van der Waals surface area contributed by atoms with Gasteiger partial charge in [-0.1, -0.05) is 30.3 Å². The smallest absolute Gasteiger partial charge is 0.335 e. The number of nitrogens with one attached hydrogen (secondary N) is 1. The van der Waals surface area contributed by atoms with Crippen molar-refractivity contribution in [2.45, 2.75) is 6.92 Å². The Morgan fingerprint density at radius 3 is 2.49 bits per heavy atom. The molecule has 35 heavy (non-hydrogen) atoms. The van der Waals surface area contributed by atoms with Crippen molar-refractivity contribution in [1.82, 2.24) is 14.6 Å². The largest absolute Gasteiger partial charge is 0.478 e. The van der Waals surface area contributed by atoms with Gasteiger partial charge >= 0.3 is 5.97 Å². The summed E-state index contributed by atoms with van der Waals surface area (Å²) in [6.07, 6.45) is 3.35. The molecule has 0 spiro atoms. The van der Waals surface area contributed by atoms with Crippen LogP contribution in [0.25, 0.3) is 16.8 Å². The highest BCUT2D eigenvalue weighted by Crippen LogP contribution is 2.29. The number of ether oxygens (including phenoxy) is 1. The first kappa shape index (κ1) is 21.7. The van der Waals surface area contributed by atoms with Gasteiger partial charge < -0.3 is 15.2 Å². The number of nitrogens with zero attached hydrogens (tertiary/aromatic N) is 4. The maximum atomic E-state index is 11.5. The van der Waals surface area contributed by atoms with E-state index in [1.807, 2.05) is 60.7 Å². The monoisotopic (exact) mass is 461 g/mol. The van der Waals surface area contributed by atoms with Gasteiger partial charge in [-0.25, -0.2) is 14.3 Å². The summed E-state index contributed by atoms with van der Waals surface area (Å²) < 4.78 is 7.34. The third-order valence-corrected chi connectivity index (χ3v) is 5.56. The van der Waals surface area contributed by atoms with E-state index in [4.69, 9.17) is 4.74 Å². The van der Waals surface area contributed by atoms with Crippen LogP contribution in [0.3, 0.4) is 0 Å². The first-order chi connectivity index (χ1) is 17.0. The highest BCUT2D eigenvalue weighted by Gasteiger charge is 2.17. The maximum absolute atomic E-state index is 11.5. The average molecular weight is 461 g/mol. The summed E-state index contributed by atoms with van der Waals surface area (Å²) >= 11 is 0. The summed E-state index contributed by atoms with van der Waals surface area (Å²) in [5.74, 6) is 0.801. The molecule has 0 fully saturated rings. The summed E-state index contributed by atoms with van der Waals surface area (Å²) in [5, 5.41) is 26.9. The summed E-state index contributed by atoms with van der Waals surface area (Å²) in [7, 11) is 0. The number of carboxylic acid groups (broad SMARTS) is 1. The molecule has 0 amide bonds. The predicted octanol–water partition coefficient (Wildman–Crippen LogP) is 5.81. The van der Waals surface area contributed by atoms with Crippen LogP contribution in [0.1, 0.15) is 21.5 Å². The van der Waals surface area contributed by atoms with Gasteiger partial charge in [-0.3, -0.25) is 0 Å². The number of carboxylic acids is 1. The molecule has 0 aliphatic rings. The van der Waals surface area contributed by atoms with E-state index in [1.165, 1.54) is 4.52 Å². The Hall–Kier alpha value is -5.16. The van der Waals surface area contributed by atoms with Crippen molar-refractivity contribution in [3.05, 3.63) is 102 Å². The molecule has 0 radical (unpaired) electrons. The van der Waals surface area contributed by atoms with Gasteiger partial charge in [0.25, 0.3) is 0 Å². The number of hydrogen-bond donors (Lipinski definition) is 2. The molecule has 0 aliphatic heterocycles. The minimum Gasteiger partial charge on any atom is -0.478 e. The average Bonchev–Trinajstić information content (AvgIpc) is 3.22. The van der Waals surface area contributed by atoms with Crippen molar-refractivity contribution in [2.75, 3.05) is 5.32 Å². The highest BCUT2D eigenvalue weighted by atomic mass is 16.5. The second kappa shape index (κ2) is 9.00. The molecule has 2 N–H and O–H groups in total. The third kappa shape index (κ3) is 4.26. The van der Waals surface area contributed by atoms with E-state index in [0.29, 0.717) is 33.9 Å². The SMILES string of the molecule is Cc1c(C(=O)O)cccc1-c1cnc2c(C#N)c(Nc3ccc(Oc4ccccc4)cc3)nn2c1. The maximum Gasteiger partial charge on any atom is 0.335 e. The topological polar surface area (TPSA) is 113 Å². The van der Waals surface area contributed by atoms with Crippen molar-refractivity contribution < 1.29 is 14.6 Å². The second-order valence-corrected chi connectivity index (χ2v) is 7.79. The number of hydrogen-bond acceptors (Lipinski definition) is 6. The van der Waals surface area contributed by atoms with Crippen molar-refractivity contribution in [1.29, 1.82) is 5.26 Å². The number of anilines is 2. The van der Waals surface area contributed by atoms with Crippen LogP contribution in [0.5, 0.6) is 11.5 Å². The van der Waals surface area contributed by atoms with E-state index in [-0.39, 0.29) is 5.56 Å². The molecule has 3 aromatic carbocycles. The van der Waals surface area contributed by atoms with E-state index >= 15 is 0 Å². The van der Waals surface area contributed by atoms with Crippen LogP contribution in [-0.4, -0.2) is 25.7 Å². The highest BCUT2D eigenvalue weighted by molar-refractivity contribution is 5.92. The minimum absolute atomic E-state index is 0.225. The fourth-order valence-corrected chi connectivity index (χ4v) is 3.81. The number of nitriles is 1. The van der Waals surface area contributed by atoms with Crippen LogP contribution < -0.4 is 10.1 Å². The molecule has 0 aliphatic carbocycles. The van der Waals surface area contributed by atoms with Crippen molar-refractivity contribution >= 4 is 23.1 Å². The third-order valence-electron chi connectivity index (χ3n) is 5.56. The van der Waals surface area contributed by atoms with Crippen molar-refractivity contribution in [3.63, 3.8) is 0 Å². The Morgan fingerprint density at radius 1 is 1.03 bits per heavy atom. The Morgan fingerprint density at radius 2 is 1.77 bits per heavy atom. The minimum atomic E-state index is -0.990. The Balaban J connectivity index is 1.44. The number of aromatic nitrogens is 3. The van der Waals surface area contributed by atoms with Crippen molar-refractivity contribution in [2.24, 2.45) is 0 Å². The van der Waals surface area contributed by atoms with E-state index < -0.39 is 5.97 Å². The van der Waals surface area contributed by atoms with Crippen LogP contribution in [0.4, 0.5) is 11.5 Å². The number of aromatic carboxylic acids is 1. The second-order valence-electron chi connectivity index (χ2n) is 7.79. The summed E-state index contributed by atoms with van der Waals surface area (Å²) in [4.78, 5) is 15.9. The molecule has 2 aromatic heterocycles. The van der Waals surface area contributed by atoms with E-state index in [2.05, 4.69) is 21.5 Å². The van der Waals surface area contributed by atoms with E-state index in [1.54, 1.807) is 31.5 Å². The Kier molecular flexibility index (Phi) is 5.57. The van der Waals surface area contributed by atoms with E-state index in [0.717, 1.165) is 17.0 Å². The zero-order chi connectivity index (χ0) is 24.4. The van der Waals surface area contributed by atoms with Gasteiger partial charge in [-0.05, 0) is 60.5 Å². The molecular weight excluding hydrogens is 442 g/mol. The lowest BCUT2D eigenvalue weighted by Gasteiger charge is -2.08. The summed E-state index contributed by atoms with van der Waals surface area (Å²) in [6.45, 7) is 1.75. The Labute approximate surface area is 200 Å². The summed E-state index contributed by atoms with van der Waals surface area (Å²) in [6, 6.07) is 24.1. The van der Waals surface area contributed by atoms with Crippen LogP contribution in [0, 0.1) is 18.3 Å². The van der Waals surface area contributed by atoms with Gasteiger partial charge in [-0.15, -0.1) is 5.10 Å². The van der Waals surface area contributed by atoms with Gasteiger partial charge in [0.2, 0.25) is 0 Å². The molecule has 0 bridgehead atoms. The van der Waals surface area contributed by atoms with E-state index in [9.17, 15) is 15.2 Å². The molecule has 5 rings (SSSR count). The zero-order valence-corrected chi connectivity index (χ0v) is 18.6. The molecule has 0 unspecified atom stereocenters. The molecule has 170 valence electrons. The summed E-state index contributed by atoms with van der Waals surface area (Å²) in [5.41, 5.74) is 3.71. The number of benzene rings is 3. The van der Waals surface area contributed by atoms with Gasteiger partial charge in [0.1, 0.15) is 23.1 Å². The van der Waals surface area contributed by atoms with Gasteiger partial charge in [0.05, 0.1) is 5.56 Å². The molecule has 0 saturated heterocycles. The molecular formula is C27H19N5O3. The zero-order valence-electron chi connectivity index (χ0n) is 18.6. The van der Waals surface area contributed by atoms with Crippen LogP contribution in [0.2, 0.25) is 0 Å². The molecule has 5 aromatic rings. The van der Waals surface area contributed by atoms with Gasteiger partial charge in [0.15, 0.2) is 11.5 Å². The fourth-order valence-electron chi connectivity index (χ4n) is 3.81. The number of para-hydroxylation sites is 1. The normalized spacial score (nSPS) is 10.6. The van der Waals surface area contributed by atoms with Gasteiger partial charge in [0, 0.05) is 23.6 Å². The number of rotatable bonds is 6. The molecule has 8 nitrogen and oxygen atoms in total. The van der Waals surface area contributed by atoms with Gasteiger partial charge in [-0.2, -0.15) is 5.26 Å². The van der Waals surface area contributed by atoms with Crippen molar-refractivity contribution in [3.8, 4) is 28.7 Å². The number of fused-ring (bicyclic) bond motifs is 1.